The van der Waals surface area contributed by atoms with E-state index in [1.165, 1.54) is 18.5 Å². The third-order valence-electron chi connectivity index (χ3n) is 7.08. The molecule has 33 heavy (non-hydrogen) atoms. The van der Waals surface area contributed by atoms with Crippen molar-refractivity contribution in [1.29, 1.82) is 0 Å². The highest BCUT2D eigenvalue weighted by Crippen LogP contribution is 2.40. The first-order valence-electron chi connectivity index (χ1n) is 11.4. The van der Waals surface area contributed by atoms with Gasteiger partial charge in [0, 0.05) is 6.54 Å². The molecule has 1 aromatic carbocycles. The van der Waals surface area contributed by atoms with Crippen LogP contribution < -0.4 is 4.90 Å². The van der Waals surface area contributed by atoms with Gasteiger partial charge in [0.2, 0.25) is 0 Å². The first kappa shape index (κ1) is 23.9. The fourth-order valence-electron chi connectivity index (χ4n) is 4.87. The van der Waals surface area contributed by atoms with Gasteiger partial charge in [0.1, 0.15) is 6.33 Å². The average Bonchev–Trinajstić information content (AvgIpc) is 2.80. The molecular formula is C24H29F4N3O2. The first-order chi connectivity index (χ1) is 15.7. The second kappa shape index (κ2) is 9.54. The topological polar surface area (TPSA) is 58.5 Å². The Morgan fingerprint density at radius 1 is 1.18 bits per heavy atom. The van der Waals surface area contributed by atoms with Gasteiger partial charge < -0.3 is 14.7 Å². The molecule has 4 rings (SSSR count). The van der Waals surface area contributed by atoms with E-state index in [1.54, 1.807) is 4.90 Å². The summed E-state index contributed by atoms with van der Waals surface area (Å²) < 4.78 is 59.9. The zero-order valence-electron chi connectivity index (χ0n) is 18.6. The van der Waals surface area contributed by atoms with Gasteiger partial charge in [0.05, 0.1) is 36.6 Å². The van der Waals surface area contributed by atoms with E-state index in [0.29, 0.717) is 31.6 Å². The second-order valence-electron chi connectivity index (χ2n) is 9.28. The Morgan fingerprint density at radius 3 is 2.64 bits per heavy atom. The van der Waals surface area contributed by atoms with Gasteiger partial charge >= 0.3 is 6.18 Å². The summed E-state index contributed by atoms with van der Waals surface area (Å²) >= 11 is 0. The lowest BCUT2D eigenvalue weighted by Gasteiger charge is -2.39. The molecule has 1 saturated heterocycles. The Morgan fingerprint density at radius 2 is 1.94 bits per heavy atom. The number of aliphatic hydroxyl groups excluding tert-OH is 1. The third-order valence-corrected chi connectivity index (χ3v) is 7.08. The molecule has 1 aromatic heterocycles. The fourth-order valence-corrected chi connectivity index (χ4v) is 4.87. The molecule has 9 heteroatoms. The van der Waals surface area contributed by atoms with E-state index in [1.807, 2.05) is 6.92 Å². The third kappa shape index (κ3) is 5.14. The minimum Gasteiger partial charge on any atom is -0.393 e. The van der Waals surface area contributed by atoms with Crippen LogP contribution >= 0.6 is 0 Å². The van der Waals surface area contributed by atoms with Crippen molar-refractivity contribution in [2.24, 2.45) is 5.41 Å². The molecule has 0 radical (unpaired) electrons. The van der Waals surface area contributed by atoms with Crippen molar-refractivity contribution in [2.45, 2.75) is 63.8 Å². The fraction of sp³-hybridized carbons (Fsp3) is 0.583. The average molecular weight is 468 g/mol. The molecule has 2 aromatic rings. The number of nitrogens with zero attached hydrogens (tertiary/aromatic N) is 3. The minimum absolute atomic E-state index is 0.127. The Balaban J connectivity index is 1.55. The van der Waals surface area contributed by atoms with Gasteiger partial charge in [-0.2, -0.15) is 13.2 Å². The number of rotatable bonds is 5. The van der Waals surface area contributed by atoms with Gasteiger partial charge in [-0.05, 0) is 48.8 Å². The Bertz CT molecular complexity index is 954. The van der Waals surface area contributed by atoms with Gasteiger partial charge in [0.25, 0.3) is 0 Å². The summed E-state index contributed by atoms with van der Waals surface area (Å²) in [7, 11) is 0. The van der Waals surface area contributed by atoms with Crippen LogP contribution in [-0.2, 0) is 17.3 Å². The van der Waals surface area contributed by atoms with Crippen LogP contribution in [0, 0.1) is 11.2 Å². The molecule has 1 N–H and O–H groups in total. The Hall–Kier alpha value is -2.26. The molecule has 1 aliphatic heterocycles. The predicted molar refractivity (Wildman–Crippen MR) is 115 cm³/mol. The molecule has 180 valence electrons. The van der Waals surface area contributed by atoms with E-state index in [2.05, 4.69) is 9.97 Å². The normalized spacial score (nSPS) is 26.4. The predicted octanol–water partition coefficient (Wildman–Crippen LogP) is 5.09. The quantitative estimate of drug-likeness (QED) is 0.621. The van der Waals surface area contributed by atoms with E-state index >= 15 is 4.39 Å². The van der Waals surface area contributed by atoms with E-state index in [-0.39, 0.29) is 23.5 Å². The highest BCUT2D eigenvalue weighted by atomic mass is 19.4. The maximum Gasteiger partial charge on any atom is 0.416 e. The van der Waals surface area contributed by atoms with E-state index in [4.69, 9.17) is 4.74 Å². The SMILES string of the molecule is CC1(CCc2ncnc(N3CCOC[C@@H]3c3ccc(C(F)(F)F)cc3)c2F)CCCCC1O. The van der Waals surface area contributed by atoms with Crippen molar-refractivity contribution < 1.29 is 27.4 Å². The van der Waals surface area contributed by atoms with Crippen molar-refractivity contribution in [3.05, 3.63) is 53.2 Å². The number of aryl methyl sites for hydroxylation is 1. The monoisotopic (exact) mass is 467 g/mol. The molecule has 2 fully saturated rings. The van der Waals surface area contributed by atoms with Gasteiger partial charge in [-0.1, -0.05) is 31.9 Å². The van der Waals surface area contributed by atoms with Gasteiger partial charge in [0.15, 0.2) is 11.6 Å². The van der Waals surface area contributed by atoms with Crippen molar-refractivity contribution in [3.63, 3.8) is 0 Å². The minimum atomic E-state index is -4.42. The van der Waals surface area contributed by atoms with Crippen LogP contribution in [0.5, 0.6) is 0 Å². The maximum atomic E-state index is 15.5. The smallest absolute Gasteiger partial charge is 0.393 e. The number of morpholine rings is 1. The molecule has 2 heterocycles. The molecule has 1 aliphatic carbocycles. The molecule has 0 spiro atoms. The maximum absolute atomic E-state index is 15.5. The number of benzene rings is 1. The number of hydrogen-bond acceptors (Lipinski definition) is 5. The van der Waals surface area contributed by atoms with Crippen molar-refractivity contribution in [1.82, 2.24) is 9.97 Å². The first-order valence-corrected chi connectivity index (χ1v) is 11.4. The number of hydrogen-bond donors (Lipinski definition) is 1. The van der Waals surface area contributed by atoms with Gasteiger partial charge in [-0.3, -0.25) is 0 Å². The summed E-state index contributed by atoms with van der Waals surface area (Å²) in [4.78, 5) is 10.1. The summed E-state index contributed by atoms with van der Waals surface area (Å²) in [5, 5.41) is 10.4. The largest absolute Gasteiger partial charge is 0.416 e. The lowest BCUT2D eigenvalue weighted by Crippen LogP contribution is -2.41. The lowest BCUT2D eigenvalue weighted by molar-refractivity contribution is -0.137. The highest BCUT2D eigenvalue weighted by Gasteiger charge is 2.36. The summed E-state index contributed by atoms with van der Waals surface area (Å²) in [6.45, 7) is 2.98. The van der Waals surface area contributed by atoms with E-state index < -0.39 is 29.7 Å². The summed E-state index contributed by atoms with van der Waals surface area (Å²) in [5.74, 6) is -0.396. The number of halogens is 4. The van der Waals surface area contributed by atoms with Crippen molar-refractivity contribution in [3.8, 4) is 0 Å². The number of ether oxygens (including phenoxy) is 1. The molecule has 3 atom stereocenters. The van der Waals surface area contributed by atoms with Crippen LogP contribution in [0.3, 0.4) is 0 Å². The lowest BCUT2D eigenvalue weighted by atomic mass is 9.70. The zero-order chi connectivity index (χ0) is 23.6. The molecule has 2 unspecified atom stereocenters. The number of aliphatic hydroxyl groups is 1. The second-order valence-corrected chi connectivity index (χ2v) is 9.28. The van der Waals surface area contributed by atoms with Crippen LogP contribution in [-0.4, -0.2) is 40.9 Å². The molecule has 0 bridgehead atoms. The number of aromatic nitrogens is 2. The molecule has 5 nitrogen and oxygen atoms in total. The van der Waals surface area contributed by atoms with Gasteiger partial charge in [-0.25, -0.2) is 14.4 Å². The van der Waals surface area contributed by atoms with Crippen LogP contribution in [0.25, 0.3) is 0 Å². The summed E-state index contributed by atoms with van der Waals surface area (Å²) in [6.07, 6.45) is 1.21. The van der Waals surface area contributed by atoms with Crippen LogP contribution in [0.15, 0.2) is 30.6 Å². The molecule has 0 amide bonds. The van der Waals surface area contributed by atoms with Crippen molar-refractivity contribution in [2.75, 3.05) is 24.7 Å². The molecule has 1 saturated carbocycles. The van der Waals surface area contributed by atoms with Crippen LogP contribution in [0.1, 0.15) is 61.9 Å². The standard InChI is InChI=1S/C24H29F4N3O2/c1-23(10-3-2-4-20(23)32)11-9-18-21(25)22(30-15-29-18)31-12-13-33-14-19(31)16-5-7-17(8-6-16)24(26,27)28/h5-8,15,19-20,32H,2-4,9-14H2,1H3/t19-,20?,23?/m1/s1. The zero-order valence-corrected chi connectivity index (χ0v) is 18.6. The van der Waals surface area contributed by atoms with Crippen LogP contribution in [0.4, 0.5) is 23.4 Å². The molecule has 2 aliphatic rings. The van der Waals surface area contributed by atoms with Crippen molar-refractivity contribution >= 4 is 5.82 Å². The highest BCUT2D eigenvalue weighted by molar-refractivity contribution is 5.45. The number of alkyl halides is 3. The van der Waals surface area contributed by atoms with Gasteiger partial charge in [-0.15, -0.1) is 0 Å². The van der Waals surface area contributed by atoms with E-state index in [9.17, 15) is 18.3 Å². The van der Waals surface area contributed by atoms with Crippen LogP contribution in [0.2, 0.25) is 0 Å². The number of anilines is 1. The molecular weight excluding hydrogens is 438 g/mol. The summed E-state index contributed by atoms with van der Waals surface area (Å²) in [6, 6.07) is 4.40. The Kier molecular flexibility index (Phi) is 6.91. The van der Waals surface area contributed by atoms with E-state index in [0.717, 1.165) is 37.8 Å². The Labute approximate surface area is 190 Å². The summed E-state index contributed by atoms with van der Waals surface area (Å²) in [5.41, 5.74) is -0.113.